The summed E-state index contributed by atoms with van der Waals surface area (Å²) in [6.07, 6.45) is 0. The molecular weight excluding hydrogens is 939 g/mol. The molecule has 0 bridgehead atoms. The van der Waals surface area contributed by atoms with Crippen LogP contribution < -0.4 is 4.90 Å². The number of fused-ring (bicyclic) bond motifs is 9. The van der Waals surface area contributed by atoms with Gasteiger partial charge in [-0.15, -0.1) is 0 Å². The molecule has 0 spiro atoms. The molecule has 0 aliphatic heterocycles. The Bertz CT molecular complexity index is 4170. The summed E-state index contributed by atoms with van der Waals surface area (Å²) >= 11 is 0. The average molecular weight is 994 g/mol. The summed E-state index contributed by atoms with van der Waals surface area (Å²) in [7, 11) is 0. The molecule has 0 atom stereocenters. The Morgan fingerprint density at radius 3 is 1.06 bits per heavy atom. The Balaban J connectivity index is 0.936. The predicted molar refractivity (Wildman–Crippen MR) is 324 cm³/mol. The van der Waals surface area contributed by atoms with Crippen LogP contribution in [0.2, 0.25) is 0 Å². The number of hydrogen-bond donors (Lipinski definition) is 0. The molecule has 0 heterocycles. The highest BCUT2D eigenvalue weighted by atomic mass is 15.1. The summed E-state index contributed by atoms with van der Waals surface area (Å²) in [6.45, 7) is 4.82. The van der Waals surface area contributed by atoms with E-state index in [0.717, 1.165) is 17.1 Å². The Morgan fingerprint density at radius 2 is 0.538 bits per heavy atom. The van der Waals surface area contributed by atoms with E-state index in [1.165, 1.54) is 111 Å². The van der Waals surface area contributed by atoms with Crippen molar-refractivity contribution in [2.45, 2.75) is 30.1 Å². The quantitative estimate of drug-likeness (QED) is 0.139. The zero-order valence-corrected chi connectivity index (χ0v) is 43.7. The summed E-state index contributed by atoms with van der Waals surface area (Å²) in [6, 6.07) is 111. The molecule has 15 rings (SSSR count). The van der Waals surface area contributed by atoms with Crippen molar-refractivity contribution < 1.29 is 0 Å². The van der Waals surface area contributed by atoms with Crippen LogP contribution in [-0.4, -0.2) is 0 Å². The maximum Gasteiger partial charge on any atom is 0.0714 e. The molecule has 368 valence electrons. The van der Waals surface area contributed by atoms with E-state index in [4.69, 9.17) is 0 Å². The molecule has 0 unspecified atom stereocenters. The molecule has 3 aliphatic rings. The first-order chi connectivity index (χ1) is 38.4. The topological polar surface area (TPSA) is 3.24 Å². The third-order valence-electron chi connectivity index (χ3n) is 17.6. The molecule has 1 nitrogen and oxygen atoms in total. The van der Waals surface area contributed by atoms with Crippen LogP contribution in [0.25, 0.3) is 55.6 Å². The Kier molecular flexibility index (Phi) is 10.4. The van der Waals surface area contributed by atoms with E-state index in [0.29, 0.717) is 0 Å². The number of rotatable bonds is 9. The molecule has 12 aromatic carbocycles. The van der Waals surface area contributed by atoms with Gasteiger partial charge in [0.05, 0.1) is 10.8 Å². The van der Waals surface area contributed by atoms with Crippen molar-refractivity contribution in [3.63, 3.8) is 0 Å². The maximum absolute atomic E-state index is 2.54. The zero-order chi connectivity index (χ0) is 52.0. The first-order valence-corrected chi connectivity index (χ1v) is 27.4. The fourth-order valence-corrected chi connectivity index (χ4v) is 14.1. The van der Waals surface area contributed by atoms with E-state index >= 15 is 0 Å². The number of nitrogens with zero attached hydrogens (tertiary/aromatic N) is 1. The molecule has 0 N–H and O–H groups in total. The molecule has 0 fully saturated rings. The van der Waals surface area contributed by atoms with Gasteiger partial charge in [-0.1, -0.05) is 269 Å². The highest BCUT2D eigenvalue weighted by Gasteiger charge is 2.48. The summed E-state index contributed by atoms with van der Waals surface area (Å²) < 4.78 is 0. The smallest absolute Gasteiger partial charge is 0.0714 e. The van der Waals surface area contributed by atoms with E-state index in [1.807, 2.05) is 0 Å². The maximum atomic E-state index is 2.54. The first-order valence-electron chi connectivity index (χ1n) is 27.4. The minimum Gasteiger partial charge on any atom is -0.310 e. The van der Waals surface area contributed by atoms with Crippen LogP contribution in [0, 0.1) is 0 Å². The summed E-state index contributed by atoms with van der Waals surface area (Å²) in [5, 5.41) is 0. The van der Waals surface area contributed by atoms with E-state index in [-0.39, 0.29) is 5.41 Å². The summed E-state index contributed by atoms with van der Waals surface area (Å²) in [5.74, 6) is 0. The van der Waals surface area contributed by atoms with Crippen LogP contribution in [0.4, 0.5) is 17.1 Å². The van der Waals surface area contributed by atoms with Gasteiger partial charge in [0, 0.05) is 22.5 Å². The van der Waals surface area contributed by atoms with E-state index in [2.05, 4.69) is 316 Å². The Labute approximate surface area is 458 Å². The van der Waals surface area contributed by atoms with Crippen molar-refractivity contribution in [2.24, 2.45) is 0 Å². The zero-order valence-electron chi connectivity index (χ0n) is 43.7. The van der Waals surface area contributed by atoms with Crippen LogP contribution in [-0.2, 0) is 16.2 Å². The number of hydrogen-bond acceptors (Lipinski definition) is 1. The normalized spacial score (nSPS) is 14.3. The van der Waals surface area contributed by atoms with Crippen molar-refractivity contribution in [1.82, 2.24) is 0 Å². The molecule has 0 radical (unpaired) electrons. The van der Waals surface area contributed by atoms with Crippen LogP contribution in [0.5, 0.6) is 0 Å². The minimum atomic E-state index is -0.556. The molecular formula is C77H55N. The predicted octanol–water partition coefficient (Wildman–Crippen LogP) is 19.5. The standard InChI is InChI=1S/C77H55N/c1-75(2)72-48-55(54-38-36-53(37-39-54)52-22-8-3-9-23-52)40-44-65(72)66-45-41-61(50-73(66)75)78(60-43-47-71-68(49-60)64-33-19-21-35-70(64)76(71,56-24-10-4-11-25-56)57-26-12-5-13-27-57)62-42-46-67-63-32-18-20-34-69(63)77(74(67)51-62,58-28-14-6-15-29-58)59-30-16-7-17-31-59/h3-51H,1-2H3. The lowest BCUT2D eigenvalue weighted by Crippen LogP contribution is -2.29. The van der Waals surface area contributed by atoms with Gasteiger partial charge >= 0.3 is 0 Å². The highest BCUT2D eigenvalue weighted by Crippen LogP contribution is 2.60. The van der Waals surface area contributed by atoms with E-state index in [1.54, 1.807) is 0 Å². The Hall–Kier alpha value is -9.56. The van der Waals surface area contributed by atoms with Gasteiger partial charge in [0.2, 0.25) is 0 Å². The van der Waals surface area contributed by atoms with Gasteiger partial charge in [-0.3, -0.25) is 0 Å². The van der Waals surface area contributed by atoms with E-state index in [9.17, 15) is 0 Å². The number of anilines is 3. The second kappa shape index (κ2) is 17.8. The van der Waals surface area contributed by atoms with Gasteiger partial charge in [-0.05, 0) is 154 Å². The van der Waals surface area contributed by atoms with Crippen LogP contribution in [0.3, 0.4) is 0 Å². The van der Waals surface area contributed by atoms with Gasteiger partial charge in [0.1, 0.15) is 0 Å². The lowest BCUT2D eigenvalue weighted by molar-refractivity contribution is 0.660. The second-order valence-corrected chi connectivity index (χ2v) is 21.9. The van der Waals surface area contributed by atoms with E-state index < -0.39 is 10.8 Å². The van der Waals surface area contributed by atoms with Crippen LogP contribution in [0.15, 0.2) is 297 Å². The van der Waals surface area contributed by atoms with Crippen molar-refractivity contribution in [3.8, 4) is 55.6 Å². The molecule has 78 heavy (non-hydrogen) atoms. The summed E-state index contributed by atoms with van der Waals surface area (Å²) in [5.41, 5.74) is 27.4. The van der Waals surface area contributed by atoms with Crippen molar-refractivity contribution >= 4 is 17.1 Å². The minimum absolute atomic E-state index is 0.274. The largest absolute Gasteiger partial charge is 0.310 e. The molecule has 0 saturated carbocycles. The Morgan fingerprint density at radius 1 is 0.218 bits per heavy atom. The summed E-state index contributed by atoms with van der Waals surface area (Å²) in [4.78, 5) is 2.54. The van der Waals surface area contributed by atoms with Crippen molar-refractivity contribution in [1.29, 1.82) is 0 Å². The monoisotopic (exact) mass is 993 g/mol. The van der Waals surface area contributed by atoms with Crippen LogP contribution >= 0.6 is 0 Å². The third-order valence-corrected chi connectivity index (χ3v) is 17.6. The van der Waals surface area contributed by atoms with Gasteiger partial charge in [-0.25, -0.2) is 0 Å². The molecule has 0 aromatic heterocycles. The average Bonchev–Trinajstić information content (AvgIpc) is 3.72. The SMILES string of the molecule is CC1(C)c2cc(-c3ccc(-c4ccccc4)cc3)ccc2-c2ccc(N(c3ccc4c(c3)-c3ccccc3C4(c3ccccc3)c3ccccc3)c3ccc4c(c3)C(c3ccccc3)(c3ccccc3)c3ccccc3-4)cc21. The second-order valence-electron chi connectivity index (χ2n) is 21.9. The lowest BCUT2D eigenvalue weighted by atomic mass is 9.67. The lowest BCUT2D eigenvalue weighted by Gasteiger charge is -2.35. The van der Waals surface area contributed by atoms with Crippen molar-refractivity contribution in [2.75, 3.05) is 4.90 Å². The molecule has 0 saturated heterocycles. The third kappa shape index (κ3) is 6.68. The van der Waals surface area contributed by atoms with Gasteiger partial charge < -0.3 is 4.90 Å². The van der Waals surface area contributed by atoms with Gasteiger partial charge in [0.25, 0.3) is 0 Å². The highest BCUT2D eigenvalue weighted by molar-refractivity contribution is 5.94. The fraction of sp³-hybridized carbons (Fsp3) is 0.0649. The van der Waals surface area contributed by atoms with Crippen LogP contribution in [0.1, 0.15) is 69.5 Å². The number of benzene rings is 12. The molecule has 12 aromatic rings. The van der Waals surface area contributed by atoms with Gasteiger partial charge in [-0.2, -0.15) is 0 Å². The first kappa shape index (κ1) is 45.8. The fourth-order valence-electron chi connectivity index (χ4n) is 14.1. The van der Waals surface area contributed by atoms with Gasteiger partial charge in [0.15, 0.2) is 0 Å². The molecule has 3 aliphatic carbocycles. The molecule has 0 amide bonds. The van der Waals surface area contributed by atoms with Crippen molar-refractivity contribution in [3.05, 3.63) is 353 Å². The molecule has 1 heteroatoms.